The molecule has 0 saturated carbocycles. The van der Waals surface area contributed by atoms with E-state index in [1.807, 2.05) is 0 Å². The minimum Gasteiger partial charge on any atom is -0.480 e. The molecule has 0 bridgehead atoms. The molecule has 1 heterocycles. The molecule has 1 aromatic carbocycles. The Morgan fingerprint density at radius 3 is 2.27 bits per heavy atom. The van der Waals surface area contributed by atoms with Crippen molar-refractivity contribution < 1.29 is 14.7 Å². The van der Waals surface area contributed by atoms with Gasteiger partial charge >= 0.3 is 5.97 Å². The highest BCUT2D eigenvalue weighted by Crippen LogP contribution is 2.14. The fourth-order valence-corrected chi connectivity index (χ4v) is 1.71. The fraction of sp³-hybridized carbons (Fsp3) is 0.286. The van der Waals surface area contributed by atoms with Crippen LogP contribution < -0.4 is 5.32 Å². The largest absolute Gasteiger partial charge is 0.480 e. The van der Waals surface area contributed by atoms with Crippen molar-refractivity contribution in [1.29, 1.82) is 0 Å². The van der Waals surface area contributed by atoms with Crippen LogP contribution in [0.2, 0.25) is 0 Å². The molecule has 0 fully saturated rings. The summed E-state index contributed by atoms with van der Waals surface area (Å²) in [5.74, 6) is -0.525. The predicted octanol–water partition coefficient (Wildman–Crippen LogP) is 0.374. The third-order valence-corrected chi connectivity index (χ3v) is 2.90. The maximum absolute atomic E-state index is 11.7. The normalized spacial score (nSPS) is 11.7. The first kappa shape index (κ1) is 15.5. The number of nitrogens with one attached hydrogen (secondary N) is 1. The lowest BCUT2D eigenvalue weighted by atomic mass is 10.1. The number of benzene rings is 1. The summed E-state index contributed by atoms with van der Waals surface area (Å²) in [6.45, 7) is 3.11. The van der Waals surface area contributed by atoms with Gasteiger partial charge in [0, 0.05) is 5.56 Å². The number of amides is 1. The van der Waals surface area contributed by atoms with Crippen LogP contribution in [0.1, 0.15) is 18.3 Å². The van der Waals surface area contributed by atoms with Crippen molar-refractivity contribution in [3.8, 4) is 11.4 Å². The van der Waals surface area contributed by atoms with Gasteiger partial charge in [-0.05, 0) is 19.4 Å². The second kappa shape index (κ2) is 6.70. The smallest absolute Gasteiger partial charge is 0.325 e. The summed E-state index contributed by atoms with van der Waals surface area (Å²) in [6.07, 6.45) is 0.100. The Labute approximate surface area is 126 Å². The van der Waals surface area contributed by atoms with Crippen LogP contribution in [0.3, 0.4) is 0 Å². The van der Waals surface area contributed by atoms with E-state index in [1.165, 1.54) is 6.92 Å². The molecule has 1 aromatic heterocycles. The first-order valence-electron chi connectivity index (χ1n) is 6.61. The highest BCUT2D eigenvalue weighted by atomic mass is 16.4. The third kappa shape index (κ3) is 4.05. The standard InChI is InChI=1S/C14H15N5O3/c1-8(14(21)22)15-12(20)7-10-3-5-11(6-4-10)13-18-16-9(2)17-19-13/h3-6,8H,7H2,1-2H3,(H,15,20)(H,21,22)/t8-/m1/s1. The van der Waals surface area contributed by atoms with E-state index in [9.17, 15) is 9.59 Å². The molecule has 8 nitrogen and oxygen atoms in total. The van der Waals surface area contributed by atoms with Gasteiger partial charge in [-0.25, -0.2) is 0 Å². The van der Waals surface area contributed by atoms with Gasteiger partial charge in [0.05, 0.1) is 6.42 Å². The molecule has 0 spiro atoms. The van der Waals surface area contributed by atoms with Crippen LogP contribution in [-0.2, 0) is 16.0 Å². The van der Waals surface area contributed by atoms with Crippen molar-refractivity contribution in [3.05, 3.63) is 35.7 Å². The van der Waals surface area contributed by atoms with Crippen molar-refractivity contribution >= 4 is 11.9 Å². The Morgan fingerprint density at radius 2 is 1.73 bits per heavy atom. The average molecular weight is 301 g/mol. The van der Waals surface area contributed by atoms with Crippen LogP contribution in [-0.4, -0.2) is 43.4 Å². The number of aryl methyl sites for hydroxylation is 1. The molecule has 2 N–H and O–H groups in total. The summed E-state index contributed by atoms with van der Waals surface area (Å²) >= 11 is 0. The molecule has 8 heteroatoms. The Kier molecular flexibility index (Phi) is 4.72. The van der Waals surface area contributed by atoms with Crippen molar-refractivity contribution in [2.24, 2.45) is 0 Å². The van der Waals surface area contributed by atoms with Crippen molar-refractivity contribution in [3.63, 3.8) is 0 Å². The lowest BCUT2D eigenvalue weighted by molar-refractivity contribution is -0.141. The lowest BCUT2D eigenvalue weighted by Gasteiger charge is -2.09. The zero-order valence-electron chi connectivity index (χ0n) is 12.1. The van der Waals surface area contributed by atoms with Gasteiger partial charge in [0.15, 0.2) is 5.82 Å². The number of aromatic nitrogens is 4. The molecule has 22 heavy (non-hydrogen) atoms. The molecule has 114 valence electrons. The fourth-order valence-electron chi connectivity index (χ4n) is 1.71. The van der Waals surface area contributed by atoms with Crippen LogP contribution in [0.5, 0.6) is 0 Å². The third-order valence-electron chi connectivity index (χ3n) is 2.90. The van der Waals surface area contributed by atoms with Crippen molar-refractivity contribution in [1.82, 2.24) is 25.7 Å². The summed E-state index contributed by atoms with van der Waals surface area (Å²) in [6, 6.07) is 6.12. The SMILES string of the molecule is Cc1nnc(-c2ccc(CC(=O)N[C@H](C)C(=O)O)cc2)nn1. The predicted molar refractivity (Wildman–Crippen MR) is 76.7 cm³/mol. The Hall–Kier alpha value is -2.90. The van der Waals surface area contributed by atoms with Gasteiger partial charge < -0.3 is 10.4 Å². The highest BCUT2D eigenvalue weighted by Gasteiger charge is 2.14. The van der Waals surface area contributed by atoms with Crippen molar-refractivity contribution in [2.45, 2.75) is 26.3 Å². The number of hydrogen-bond acceptors (Lipinski definition) is 6. The van der Waals surface area contributed by atoms with Crippen LogP contribution in [0.25, 0.3) is 11.4 Å². The van der Waals surface area contributed by atoms with Crippen LogP contribution >= 0.6 is 0 Å². The molecule has 0 aliphatic rings. The summed E-state index contributed by atoms with van der Waals surface area (Å²) in [4.78, 5) is 22.4. The molecule has 2 aromatic rings. The highest BCUT2D eigenvalue weighted by molar-refractivity contribution is 5.84. The van der Waals surface area contributed by atoms with E-state index in [-0.39, 0.29) is 12.3 Å². The van der Waals surface area contributed by atoms with Gasteiger partial charge in [-0.15, -0.1) is 20.4 Å². The minimum absolute atomic E-state index is 0.100. The summed E-state index contributed by atoms with van der Waals surface area (Å²) in [5, 5.41) is 26.7. The van der Waals surface area contributed by atoms with E-state index in [4.69, 9.17) is 5.11 Å². The number of carboxylic acids is 1. The van der Waals surface area contributed by atoms with E-state index >= 15 is 0 Å². The zero-order valence-corrected chi connectivity index (χ0v) is 12.1. The molecule has 0 aliphatic heterocycles. The molecule has 2 rings (SSSR count). The summed E-state index contributed by atoms with van der Waals surface area (Å²) in [5.41, 5.74) is 1.50. The van der Waals surface area contributed by atoms with E-state index in [1.54, 1.807) is 31.2 Å². The topological polar surface area (TPSA) is 118 Å². The number of hydrogen-bond donors (Lipinski definition) is 2. The van der Waals surface area contributed by atoms with Gasteiger partial charge in [0.25, 0.3) is 0 Å². The van der Waals surface area contributed by atoms with E-state index < -0.39 is 12.0 Å². The zero-order chi connectivity index (χ0) is 16.1. The summed E-state index contributed by atoms with van der Waals surface area (Å²) < 4.78 is 0. The maximum Gasteiger partial charge on any atom is 0.325 e. The molecule has 0 aliphatic carbocycles. The first-order valence-corrected chi connectivity index (χ1v) is 6.61. The second-order valence-electron chi connectivity index (χ2n) is 4.77. The van der Waals surface area contributed by atoms with Crippen molar-refractivity contribution in [2.75, 3.05) is 0 Å². The number of carboxylic acid groups (broad SMARTS) is 1. The molecule has 0 radical (unpaired) electrons. The van der Waals surface area contributed by atoms with Gasteiger partial charge in [-0.1, -0.05) is 24.3 Å². The van der Waals surface area contributed by atoms with Crippen LogP contribution in [0.15, 0.2) is 24.3 Å². The quantitative estimate of drug-likeness (QED) is 0.819. The molecule has 0 unspecified atom stereocenters. The Balaban J connectivity index is 2.01. The maximum atomic E-state index is 11.7. The van der Waals surface area contributed by atoms with Gasteiger partial charge in [0.1, 0.15) is 6.04 Å². The van der Waals surface area contributed by atoms with Gasteiger partial charge in [-0.2, -0.15) is 0 Å². The first-order chi connectivity index (χ1) is 10.5. The van der Waals surface area contributed by atoms with E-state index in [0.29, 0.717) is 11.6 Å². The minimum atomic E-state index is -1.07. The Bertz CT molecular complexity index is 670. The lowest BCUT2D eigenvalue weighted by Crippen LogP contribution is -2.39. The average Bonchev–Trinajstić information content (AvgIpc) is 2.48. The van der Waals surface area contributed by atoms with Gasteiger partial charge in [-0.3, -0.25) is 9.59 Å². The number of carbonyl (C=O) groups excluding carboxylic acids is 1. The molecular formula is C14H15N5O3. The van der Waals surface area contributed by atoms with Gasteiger partial charge in [0.2, 0.25) is 11.7 Å². The van der Waals surface area contributed by atoms with E-state index in [2.05, 4.69) is 25.7 Å². The monoisotopic (exact) mass is 301 g/mol. The molecule has 1 atom stereocenters. The number of carbonyl (C=O) groups is 2. The summed E-state index contributed by atoms with van der Waals surface area (Å²) in [7, 11) is 0. The number of nitrogens with zero attached hydrogens (tertiary/aromatic N) is 4. The number of rotatable bonds is 5. The number of aliphatic carboxylic acids is 1. The molecular weight excluding hydrogens is 286 g/mol. The molecule has 0 saturated heterocycles. The van der Waals surface area contributed by atoms with Crippen LogP contribution in [0, 0.1) is 6.92 Å². The van der Waals surface area contributed by atoms with E-state index in [0.717, 1.165) is 11.1 Å². The second-order valence-corrected chi connectivity index (χ2v) is 4.77. The van der Waals surface area contributed by atoms with Crippen LogP contribution in [0.4, 0.5) is 0 Å². The Morgan fingerprint density at radius 1 is 1.14 bits per heavy atom. The molecule has 1 amide bonds.